The molecule has 0 spiro atoms. The third-order valence-corrected chi connectivity index (χ3v) is 5.95. The zero-order chi connectivity index (χ0) is 17.8. The van der Waals surface area contributed by atoms with Crippen molar-refractivity contribution in [3.63, 3.8) is 0 Å². The van der Waals surface area contributed by atoms with E-state index in [0.717, 1.165) is 0 Å². The van der Waals surface area contributed by atoms with Gasteiger partial charge in [-0.15, -0.1) is 0 Å². The maximum atomic E-state index is 13.1. The molecule has 3 N–H and O–H groups in total. The summed E-state index contributed by atoms with van der Waals surface area (Å²) in [6, 6.07) is 8.49. The lowest BCUT2D eigenvalue weighted by atomic mass is 10.1. The predicted octanol–water partition coefficient (Wildman–Crippen LogP) is 0.0878. The molecule has 2 unspecified atom stereocenters. The number of sulfonamides is 1. The molecule has 2 atom stereocenters. The van der Waals surface area contributed by atoms with Crippen LogP contribution in [0.4, 0.5) is 9.59 Å². The molecule has 0 saturated carbocycles. The summed E-state index contributed by atoms with van der Waals surface area (Å²) in [5.41, 5.74) is 0. The molecule has 2 fully saturated rings. The van der Waals surface area contributed by atoms with E-state index in [-0.39, 0.29) is 4.90 Å². The molecular formula is C15H12N4O5S. The van der Waals surface area contributed by atoms with Gasteiger partial charge in [-0.05, 0) is 11.5 Å². The molecule has 0 aromatic heterocycles. The largest absolute Gasteiger partial charge is 0.334 e. The summed E-state index contributed by atoms with van der Waals surface area (Å²) in [6.07, 6.45) is -1.32. The summed E-state index contributed by atoms with van der Waals surface area (Å²) in [7, 11) is -4.31. The third-order valence-electron chi connectivity index (χ3n) is 4.13. The van der Waals surface area contributed by atoms with Crippen molar-refractivity contribution >= 4 is 38.8 Å². The van der Waals surface area contributed by atoms with E-state index in [1.807, 2.05) is 5.32 Å². The van der Waals surface area contributed by atoms with Gasteiger partial charge in [0.1, 0.15) is 0 Å². The number of hydrogen-bond acceptors (Lipinski definition) is 5. The summed E-state index contributed by atoms with van der Waals surface area (Å²) < 4.78 is 26.7. The highest BCUT2D eigenvalue weighted by molar-refractivity contribution is 7.90. The molecule has 0 radical (unpaired) electrons. The average Bonchev–Trinajstić information content (AvgIpc) is 2.91. The average molecular weight is 360 g/mol. The highest BCUT2D eigenvalue weighted by atomic mass is 32.2. The second-order valence-corrected chi connectivity index (χ2v) is 7.40. The first-order valence-corrected chi connectivity index (χ1v) is 8.77. The van der Waals surface area contributed by atoms with Gasteiger partial charge >= 0.3 is 12.1 Å². The number of rotatable bonds is 2. The van der Waals surface area contributed by atoms with Crippen molar-refractivity contribution in [1.82, 2.24) is 20.3 Å². The molecule has 0 bridgehead atoms. The van der Waals surface area contributed by atoms with Gasteiger partial charge in [0.05, 0.1) is 4.90 Å². The molecule has 4 rings (SSSR count). The highest BCUT2D eigenvalue weighted by Crippen LogP contribution is 2.29. The van der Waals surface area contributed by atoms with Crippen LogP contribution in [0.3, 0.4) is 0 Å². The van der Waals surface area contributed by atoms with Gasteiger partial charge in [0.2, 0.25) is 0 Å². The number of nitrogens with zero attached hydrogens (tertiary/aromatic N) is 1. The number of urea groups is 2. The first-order chi connectivity index (χ1) is 11.9. The number of carbonyl (C=O) groups excluding carboxylic acids is 3. The van der Waals surface area contributed by atoms with E-state index >= 15 is 0 Å². The molecule has 2 aromatic rings. The van der Waals surface area contributed by atoms with Crippen molar-refractivity contribution < 1.29 is 22.8 Å². The number of imide groups is 1. The summed E-state index contributed by atoms with van der Waals surface area (Å²) in [5.74, 6) is -0.766. The van der Waals surface area contributed by atoms with Crippen molar-refractivity contribution in [1.29, 1.82) is 0 Å². The topological polar surface area (TPSA) is 125 Å². The van der Waals surface area contributed by atoms with Crippen LogP contribution in [0.25, 0.3) is 10.8 Å². The molecule has 10 heteroatoms. The van der Waals surface area contributed by atoms with Crippen LogP contribution in [0.5, 0.6) is 0 Å². The van der Waals surface area contributed by atoms with E-state index in [0.29, 0.717) is 15.1 Å². The van der Waals surface area contributed by atoms with Gasteiger partial charge in [-0.2, -0.15) is 4.31 Å². The van der Waals surface area contributed by atoms with Crippen LogP contribution >= 0.6 is 0 Å². The van der Waals surface area contributed by atoms with Crippen LogP contribution in [0.1, 0.15) is 0 Å². The summed E-state index contributed by atoms with van der Waals surface area (Å²) in [4.78, 5) is 35.6. The fourth-order valence-corrected chi connectivity index (χ4v) is 4.70. The predicted molar refractivity (Wildman–Crippen MR) is 85.8 cm³/mol. The van der Waals surface area contributed by atoms with Crippen LogP contribution in [0, 0.1) is 0 Å². The first kappa shape index (κ1) is 15.4. The maximum Gasteiger partial charge on any atom is 0.334 e. The molecule has 9 nitrogen and oxygen atoms in total. The molecular weight excluding hydrogens is 348 g/mol. The van der Waals surface area contributed by atoms with Gasteiger partial charge in [0.25, 0.3) is 15.9 Å². The van der Waals surface area contributed by atoms with Crippen molar-refractivity contribution in [2.24, 2.45) is 0 Å². The minimum Gasteiger partial charge on any atom is -0.321 e. The van der Waals surface area contributed by atoms with Gasteiger partial charge < -0.3 is 10.6 Å². The minimum absolute atomic E-state index is 0.0818. The number of fused-ring (bicyclic) bond motifs is 2. The Morgan fingerprint density at radius 2 is 1.64 bits per heavy atom. The maximum absolute atomic E-state index is 13.1. The lowest BCUT2D eigenvalue weighted by Crippen LogP contribution is -2.65. The van der Waals surface area contributed by atoms with Gasteiger partial charge in [-0.1, -0.05) is 36.4 Å². The Labute approximate surface area is 142 Å². The zero-order valence-electron chi connectivity index (χ0n) is 12.6. The summed E-state index contributed by atoms with van der Waals surface area (Å²) in [5, 5.41) is 7.70. The van der Waals surface area contributed by atoms with Crippen molar-refractivity contribution in [3.05, 3.63) is 42.5 Å². The molecule has 2 aromatic carbocycles. The number of amides is 5. The SMILES string of the molecule is O=C1NC(=O)C2NC(=O)N(S(=O)(=O)c3cccc4ccccc34)C2N1. The quantitative estimate of drug-likeness (QED) is 0.700. The standard InChI is InChI=1S/C15H12N4O5S/c20-13-11-12(17-14(21)18-13)19(15(22)16-11)25(23,24)10-7-3-5-8-4-1-2-6-9(8)10/h1-7,11-12H,(H,16,22)(H2,17,18,20,21). The fourth-order valence-electron chi connectivity index (χ4n) is 3.03. The van der Waals surface area contributed by atoms with E-state index in [9.17, 15) is 22.8 Å². The van der Waals surface area contributed by atoms with Crippen molar-refractivity contribution in [2.75, 3.05) is 0 Å². The first-order valence-electron chi connectivity index (χ1n) is 7.33. The summed E-state index contributed by atoms with van der Waals surface area (Å²) in [6.45, 7) is 0. The Morgan fingerprint density at radius 1 is 0.920 bits per heavy atom. The van der Waals surface area contributed by atoms with E-state index in [4.69, 9.17) is 0 Å². The minimum atomic E-state index is -4.31. The second-order valence-electron chi connectivity index (χ2n) is 5.61. The lowest BCUT2D eigenvalue weighted by molar-refractivity contribution is -0.123. The Balaban J connectivity index is 1.86. The van der Waals surface area contributed by atoms with Crippen LogP contribution in [0.15, 0.2) is 47.4 Å². The monoisotopic (exact) mass is 360 g/mol. The van der Waals surface area contributed by atoms with E-state index in [2.05, 4.69) is 10.6 Å². The van der Waals surface area contributed by atoms with E-state index in [1.165, 1.54) is 6.07 Å². The smallest absolute Gasteiger partial charge is 0.321 e. The molecule has 25 heavy (non-hydrogen) atoms. The Hall–Kier alpha value is -3.14. The molecule has 2 heterocycles. The number of carbonyl (C=O) groups is 3. The molecule has 5 amide bonds. The molecule has 2 aliphatic heterocycles. The van der Waals surface area contributed by atoms with Gasteiger partial charge in [-0.25, -0.2) is 18.0 Å². The fraction of sp³-hybridized carbons (Fsp3) is 0.133. The van der Waals surface area contributed by atoms with Crippen molar-refractivity contribution in [2.45, 2.75) is 17.1 Å². The highest BCUT2D eigenvalue weighted by Gasteiger charge is 2.53. The Bertz CT molecular complexity index is 1030. The van der Waals surface area contributed by atoms with Crippen molar-refractivity contribution in [3.8, 4) is 0 Å². The Morgan fingerprint density at radius 3 is 2.44 bits per heavy atom. The Kier molecular flexibility index (Phi) is 3.19. The second kappa shape index (κ2) is 5.18. The number of benzene rings is 2. The number of nitrogens with one attached hydrogen (secondary N) is 3. The van der Waals surface area contributed by atoms with Crippen LogP contribution in [-0.4, -0.2) is 42.9 Å². The lowest BCUT2D eigenvalue weighted by Gasteiger charge is -2.29. The number of hydrogen-bond donors (Lipinski definition) is 3. The van der Waals surface area contributed by atoms with Gasteiger partial charge in [-0.3, -0.25) is 10.1 Å². The van der Waals surface area contributed by atoms with E-state index < -0.39 is 40.2 Å². The van der Waals surface area contributed by atoms with Crippen LogP contribution in [-0.2, 0) is 14.8 Å². The molecule has 2 saturated heterocycles. The van der Waals surface area contributed by atoms with Gasteiger partial charge in [0, 0.05) is 5.39 Å². The zero-order valence-corrected chi connectivity index (χ0v) is 13.4. The van der Waals surface area contributed by atoms with Crippen LogP contribution in [0.2, 0.25) is 0 Å². The van der Waals surface area contributed by atoms with E-state index in [1.54, 1.807) is 36.4 Å². The normalized spacial score (nSPS) is 23.0. The van der Waals surface area contributed by atoms with Crippen LogP contribution < -0.4 is 16.0 Å². The molecule has 128 valence electrons. The molecule has 2 aliphatic rings. The molecule has 0 aliphatic carbocycles. The third kappa shape index (κ3) is 2.22. The van der Waals surface area contributed by atoms with Gasteiger partial charge in [0.15, 0.2) is 12.2 Å². The summed E-state index contributed by atoms with van der Waals surface area (Å²) >= 11 is 0.